The fourth-order valence-corrected chi connectivity index (χ4v) is 2.76. The largest absolute Gasteiger partial charge is 0.340 e. The molecular weight excluding hydrogens is 340 g/mol. The Bertz CT molecular complexity index is 1090. The van der Waals surface area contributed by atoms with Gasteiger partial charge >= 0.3 is 0 Å². The highest BCUT2D eigenvalue weighted by Crippen LogP contribution is 2.25. The molecule has 7 heteroatoms. The van der Waals surface area contributed by atoms with E-state index in [0.717, 1.165) is 28.5 Å². The topological polar surface area (TPSA) is 75.4 Å². The third-order valence-corrected chi connectivity index (χ3v) is 4.32. The maximum atomic E-state index is 11.5. The quantitative estimate of drug-likeness (QED) is 0.604. The Labute approximate surface area is 156 Å². The van der Waals surface area contributed by atoms with Crippen molar-refractivity contribution in [3.63, 3.8) is 0 Å². The Hall–Kier alpha value is -3.74. The van der Waals surface area contributed by atoms with E-state index in [1.807, 2.05) is 60.7 Å². The molecule has 0 bridgehead atoms. The first kappa shape index (κ1) is 16.7. The van der Waals surface area contributed by atoms with Gasteiger partial charge in [-0.25, -0.2) is 4.98 Å². The molecule has 0 saturated heterocycles. The Morgan fingerprint density at radius 3 is 2.52 bits per heavy atom. The molecule has 0 aliphatic heterocycles. The lowest BCUT2D eigenvalue weighted by Crippen LogP contribution is -2.22. The van der Waals surface area contributed by atoms with E-state index in [1.165, 1.54) is 13.3 Å². The number of amides is 1. The Kier molecular flexibility index (Phi) is 4.25. The fourth-order valence-electron chi connectivity index (χ4n) is 2.76. The van der Waals surface area contributed by atoms with Gasteiger partial charge in [-0.2, -0.15) is 14.6 Å². The van der Waals surface area contributed by atoms with Crippen LogP contribution in [0.15, 0.2) is 67.0 Å². The Balaban J connectivity index is 1.69. The molecule has 4 aromatic rings. The highest BCUT2D eigenvalue weighted by Gasteiger charge is 2.10. The van der Waals surface area contributed by atoms with Crippen LogP contribution < -0.4 is 10.2 Å². The van der Waals surface area contributed by atoms with Gasteiger partial charge in [-0.3, -0.25) is 4.79 Å². The molecule has 0 aliphatic carbocycles. The van der Waals surface area contributed by atoms with Crippen LogP contribution in [-0.2, 0) is 4.79 Å². The summed E-state index contributed by atoms with van der Waals surface area (Å²) in [5, 5.41) is 7.60. The van der Waals surface area contributed by atoms with Gasteiger partial charge in [0.2, 0.25) is 5.91 Å². The van der Waals surface area contributed by atoms with Gasteiger partial charge in [0.25, 0.3) is 5.78 Å². The summed E-state index contributed by atoms with van der Waals surface area (Å²) in [6.45, 7) is 1.54. The molecule has 2 heterocycles. The van der Waals surface area contributed by atoms with Gasteiger partial charge in [0.15, 0.2) is 0 Å². The molecule has 0 atom stereocenters. The van der Waals surface area contributed by atoms with Crippen LogP contribution in [0.3, 0.4) is 0 Å². The van der Waals surface area contributed by atoms with Crippen LogP contribution in [0.5, 0.6) is 0 Å². The first-order valence-corrected chi connectivity index (χ1v) is 8.49. The predicted octanol–water partition coefficient (Wildman–Crippen LogP) is 3.52. The molecule has 134 valence electrons. The zero-order valence-corrected chi connectivity index (χ0v) is 15.0. The van der Waals surface area contributed by atoms with Crippen molar-refractivity contribution in [3.8, 4) is 11.3 Å². The molecule has 2 aromatic heterocycles. The average Bonchev–Trinajstić information content (AvgIpc) is 3.17. The number of anilines is 3. The van der Waals surface area contributed by atoms with E-state index in [-0.39, 0.29) is 5.91 Å². The summed E-state index contributed by atoms with van der Waals surface area (Å²) in [5.74, 6) is 1.26. The number of fused-ring (bicyclic) bond motifs is 1. The van der Waals surface area contributed by atoms with Gasteiger partial charge in [-0.1, -0.05) is 30.3 Å². The zero-order chi connectivity index (χ0) is 18.8. The van der Waals surface area contributed by atoms with Crippen molar-refractivity contribution < 1.29 is 4.79 Å². The minimum Gasteiger partial charge on any atom is -0.340 e. The van der Waals surface area contributed by atoms with Crippen molar-refractivity contribution in [2.75, 3.05) is 17.3 Å². The molecule has 0 radical (unpaired) electrons. The normalized spacial score (nSPS) is 10.7. The number of hydrogen-bond acceptors (Lipinski definition) is 5. The van der Waals surface area contributed by atoms with Gasteiger partial charge in [-0.15, -0.1) is 0 Å². The maximum absolute atomic E-state index is 11.5. The van der Waals surface area contributed by atoms with Crippen LogP contribution in [0.1, 0.15) is 6.92 Å². The molecule has 27 heavy (non-hydrogen) atoms. The molecule has 0 aliphatic rings. The molecule has 2 aromatic carbocycles. The van der Waals surface area contributed by atoms with Crippen LogP contribution in [0.25, 0.3) is 17.0 Å². The summed E-state index contributed by atoms with van der Waals surface area (Å²) in [5.41, 5.74) is 3.52. The smallest absolute Gasteiger partial charge is 0.254 e. The van der Waals surface area contributed by atoms with Crippen LogP contribution in [0.2, 0.25) is 0 Å². The van der Waals surface area contributed by atoms with Crippen molar-refractivity contribution in [3.05, 3.63) is 67.0 Å². The van der Waals surface area contributed by atoms with E-state index in [0.29, 0.717) is 5.78 Å². The first-order valence-electron chi connectivity index (χ1n) is 8.49. The summed E-state index contributed by atoms with van der Waals surface area (Å²) in [6, 6.07) is 19.5. The first-order chi connectivity index (χ1) is 13.1. The van der Waals surface area contributed by atoms with Crippen molar-refractivity contribution >= 4 is 28.9 Å². The number of carbonyl (C=O) groups excluding carboxylic acids is 1. The summed E-state index contributed by atoms with van der Waals surface area (Å²) in [6.07, 6.45) is 1.48. The molecule has 0 saturated carbocycles. The SMILES string of the molecule is CC(=O)N(C)c1ccc(Nc2cc(-c3ccccc3)nc3ncnn23)cc1. The van der Waals surface area contributed by atoms with E-state index in [2.05, 4.69) is 20.4 Å². The number of rotatable bonds is 4. The minimum atomic E-state index is -0.0123. The van der Waals surface area contributed by atoms with Crippen LogP contribution in [0.4, 0.5) is 17.2 Å². The van der Waals surface area contributed by atoms with Gasteiger partial charge in [0.05, 0.1) is 5.69 Å². The number of benzene rings is 2. The maximum Gasteiger partial charge on any atom is 0.254 e. The van der Waals surface area contributed by atoms with Gasteiger partial charge < -0.3 is 10.2 Å². The van der Waals surface area contributed by atoms with Crippen LogP contribution in [0, 0.1) is 0 Å². The summed E-state index contributed by atoms with van der Waals surface area (Å²) in [4.78, 5) is 21.9. The number of nitrogens with one attached hydrogen (secondary N) is 1. The van der Waals surface area contributed by atoms with Crippen molar-refractivity contribution in [1.29, 1.82) is 0 Å². The van der Waals surface area contributed by atoms with Gasteiger partial charge in [0.1, 0.15) is 12.1 Å². The Morgan fingerprint density at radius 1 is 1.07 bits per heavy atom. The molecule has 7 nitrogen and oxygen atoms in total. The predicted molar refractivity (Wildman–Crippen MR) is 105 cm³/mol. The lowest BCUT2D eigenvalue weighted by Gasteiger charge is -2.16. The minimum absolute atomic E-state index is 0.0123. The lowest BCUT2D eigenvalue weighted by molar-refractivity contribution is -0.116. The molecule has 1 amide bonds. The lowest BCUT2D eigenvalue weighted by atomic mass is 10.1. The molecule has 1 N–H and O–H groups in total. The van der Waals surface area contributed by atoms with Crippen LogP contribution >= 0.6 is 0 Å². The summed E-state index contributed by atoms with van der Waals surface area (Å²) >= 11 is 0. The fraction of sp³-hybridized carbons (Fsp3) is 0.100. The average molecular weight is 358 g/mol. The van der Waals surface area contributed by atoms with Crippen molar-refractivity contribution in [2.45, 2.75) is 6.92 Å². The number of nitrogens with zero attached hydrogens (tertiary/aromatic N) is 5. The molecule has 0 unspecified atom stereocenters. The van der Waals surface area contributed by atoms with E-state index in [4.69, 9.17) is 0 Å². The van der Waals surface area contributed by atoms with E-state index in [9.17, 15) is 4.79 Å². The highest BCUT2D eigenvalue weighted by molar-refractivity contribution is 5.91. The summed E-state index contributed by atoms with van der Waals surface area (Å²) in [7, 11) is 1.75. The monoisotopic (exact) mass is 358 g/mol. The standard InChI is InChI=1S/C20H18N6O/c1-14(27)25(2)17-10-8-16(9-11-17)23-19-12-18(15-6-4-3-5-7-15)24-20-21-13-22-26(19)20/h3-13,23H,1-2H3. The molecular formula is C20H18N6O. The second kappa shape index (κ2) is 6.87. The van der Waals surface area contributed by atoms with Crippen molar-refractivity contribution in [1.82, 2.24) is 19.6 Å². The second-order valence-corrected chi connectivity index (χ2v) is 6.11. The summed E-state index contributed by atoms with van der Waals surface area (Å²) < 4.78 is 1.65. The molecule has 4 rings (SSSR count). The number of hydrogen-bond donors (Lipinski definition) is 1. The number of carbonyl (C=O) groups is 1. The second-order valence-electron chi connectivity index (χ2n) is 6.11. The van der Waals surface area contributed by atoms with E-state index < -0.39 is 0 Å². The van der Waals surface area contributed by atoms with E-state index in [1.54, 1.807) is 16.5 Å². The molecule has 0 fully saturated rings. The van der Waals surface area contributed by atoms with Gasteiger partial charge in [0, 0.05) is 37.0 Å². The zero-order valence-electron chi connectivity index (χ0n) is 15.0. The van der Waals surface area contributed by atoms with Crippen LogP contribution in [-0.4, -0.2) is 32.5 Å². The third-order valence-electron chi connectivity index (χ3n) is 4.32. The highest BCUT2D eigenvalue weighted by atomic mass is 16.2. The third kappa shape index (κ3) is 3.35. The van der Waals surface area contributed by atoms with Gasteiger partial charge in [-0.05, 0) is 24.3 Å². The number of aromatic nitrogens is 4. The van der Waals surface area contributed by atoms with Crippen molar-refractivity contribution in [2.24, 2.45) is 0 Å². The van der Waals surface area contributed by atoms with E-state index >= 15 is 0 Å². The Morgan fingerprint density at radius 2 is 1.81 bits per heavy atom. The molecule has 0 spiro atoms.